The molecule has 184 valence electrons. The highest BCUT2D eigenvalue weighted by Gasteiger charge is 2.55. The van der Waals surface area contributed by atoms with Crippen molar-refractivity contribution in [1.82, 2.24) is 14.4 Å². The van der Waals surface area contributed by atoms with E-state index in [9.17, 15) is 9.90 Å². The predicted octanol–water partition coefficient (Wildman–Crippen LogP) is 3.23. The highest BCUT2D eigenvalue weighted by molar-refractivity contribution is 5.90. The third kappa shape index (κ3) is 3.52. The Bertz CT molecular complexity index is 1290. The van der Waals surface area contributed by atoms with Crippen LogP contribution in [0.15, 0.2) is 42.5 Å². The first kappa shape index (κ1) is 22.4. The Morgan fingerprint density at radius 2 is 1.80 bits per heavy atom. The highest BCUT2D eigenvalue weighted by Crippen LogP contribution is 2.51. The average Bonchev–Trinajstić information content (AvgIpc) is 3.67. The molecule has 1 saturated carbocycles. The molecular weight excluding hydrogens is 442 g/mol. The molecule has 2 fully saturated rings. The molecule has 1 amide bonds. The summed E-state index contributed by atoms with van der Waals surface area (Å²) >= 11 is 0. The number of aromatic nitrogens is 1. The maximum Gasteiger partial charge on any atom is 0.226 e. The smallest absolute Gasteiger partial charge is 0.226 e. The van der Waals surface area contributed by atoms with Crippen LogP contribution in [0.3, 0.4) is 0 Å². The van der Waals surface area contributed by atoms with Gasteiger partial charge in [-0.3, -0.25) is 9.69 Å². The maximum atomic E-state index is 13.4. The second kappa shape index (κ2) is 8.28. The van der Waals surface area contributed by atoms with E-state index in [4.69, 9.17) is 9.47 Å². The number of methoxy groups -OCH3 is 2. The van der Waals surface area contributed by atoms with Crippen LogP contribution in [0.4, 0.5) is 0 Å². The van der Waals surface area contributed by atoms with Gasteiger partial charge in [0.2, 0.25) is 5.91 Å². The van der Waals surface area contributed by atoms with Crippen molar-refractivity contribution >= 4 is 16.8 Å². The first-order chi connectivity index (χ1) is 17.0. The Labute approximate surface area is 205 Å². The number of carbonyl (C=O) groups excluding carboxylic acids is 1. The molecule has 2 aromatic carbocycles. The average molecular weight is 476 g/mol. The van der Waals surface area contributed by atoms with Gasteiger partial charge in [-0.2, -0.15) is 0 Å². The minimum absolute atomic E-state index is 0.0731. The van der Waals surface area contributed by atoms with Gasteiger partial charge in [0.25, 0.3) is 0 Å². The predicted molar refractivity (Wildman–Crippen MR) is 134 cm³/mol. The Hall–Kier alpha value is -3.03. The SMILES string of the molecule is COc1cccc(CN2CC3(C2)CN(C(=O)C2CC2)[C@H](CO)c2c3c3ccc(OC)cc3n2C)c1. The lowest BCUT2D eigenvalue weighted by Gasteiger charge is -2.56. The zero-order chi connectivity index (χ0) is 24.3. The zero-order valence-electron chi connectivity index (χ0n) is 20.7. The molecule has 7 nitrogen and oxygen atoms in total. The lowest BCUT2D eigenvalue weighted by Crippen LogP contribution is -2.66. The summed E-state index contributed by atoms with van der Waals surface area (Å²) in [6.07, 6.45) is 1.92. The molecule has 1 saturated heterocycles. The zero-order valence-corrected chi connectivity index (χ0v) is 20.7. The molecule has 3 aromatic rings. The largest absolute Gasteiger partial charge is 0.497 e. The van der Waals surface area contributed by atoms with Crippen LogP contribution in [0.2, 0.25) is 0 Å². The number of nitrogens with zero attached hydrogens (tertiary/aromatic N) is 3. The molecule has 1 N–H and O–H groups in total. The highest BCUT2D eigenvalue weighted by atomic mass is 16.5. The van der Waals surface area contributed by atoms with Crippen LogP contribution in [0.1, 0.15) is 35.7 Å². The third-order valence-electron chi connectivity index (χ3n) is 8.12. The molecule has 1 aromatic heterocycles. The van der Waals surface area contributed by atoms with E-state index < -0.39 is 0 Å². The fraction of sp³-hybridized carbons (Fsp3) is 0.464. The molecular formula is C28H33N3O4. The number of benzene rings is 2. The van der Waals surface area contributed by atoms with Crippen LogP contribution in [0.25, 0.3) is 10.9 Å². The summed E-state index contributed by atoms with van der Waals surface area (Å²) in [6.45, 7) is 3.16. The number of likely N-dealkylation sites (tertiary alicyclic amines) is 1. The lowest BCUT2D eigenvalue weighted by molar-refractivity contribution is -0.140. The summed E-state index contributed by atoms with van der Waals surface area (Å²) in [5, 5.41) is 11.7. The normalized spacial score (nSPS) is 21.1. The standard InChI is InChI=1S/C28H33N3O4/c1-29-23-12-21(35-3)9-10-22(23)25-26(29)24(14-32)31(27(33)19-7-8-19)17-28(25)15-30(16-28)13-18-5-4-6-20(11-18)34-2/h4-6,9-12,19,24,32H,7-8,13-17H2,1-3H3/t24-/m1/s1. The minimum Gasteiger partial charge on any atom is -0.497 e. The fourth-order valence-electron chi connectivity index (χ4n) is 6.36. The summed E-state index contributed by atoms with van der Waals surface area (Å²) in [5.74, 6) is 1.99. The molecule has 6 rings (SSSR count). The van der Waals surface area contributed by atoms with Gasteiger partial charge in [0.15, 0.2) is 0 Å². The number of carbonyl (C=O) groups is 1. The number of aliphatic hydroxyl groups excluding tert-OH is 1. The van der Waals surface area contributed by atoms with E-state index >= 15 is 0 Å². The minimum atomic E-state index is -0.320. The van der Waals surface area contributed by atoms with Gasteiger partial charge < -0.3 is 24.0 Å². The Kier molecular flexibility index (Phi) is 5.31. The third-order valence-corrected chi connectivity index (χ3v) is 8.12. The second-order valence-electron chi connectivity index (χ2n) is 10.4. The number of fused-ring (bicyclic) bond motifs is 4. The molecule has 2 aliphatic heterocycles. The van der Waals surface area contributed by atoms with Crippen LogP contribution in [-0.2, 0) is 23.8 Å². The van der Waals surface area contributed by atoms with Gasteiger partial charge in [-0.1, -0.05) is 12.1 Å². The molecule has 1 aliphatic carbocycles. The van der Waals surface area contributed by atoms with Crippen LogP contribution in [0, 0.1) is 5.92 Å². The van der Waals surface area contributed by atoms with Gasteiger partial charge in [-0.05, 0) is 48.2 Å². The molecule has 3 heterocycles. The second-order valence-corrected chi connectivity index (χ2v) is 10.4. The number of ether oxygens (including phenoxy) is 2. The van der Waals surface area contributed by atoms with Gasteiger partial charge in [0.1, 0.15) is 11.5 Å². The van der Waals surface area contributed by atoms with Crippen molar-refractivity contribution in [2.75, 3.05) is 40.5 Å². The Morgan fingerprint density at radius 1 is 1.06 bits per heavy atom. The summed E-state index contributed by atoms with van der Waals surface area (Å²) < 4.78 is 13.1. The van der Waals surface area contributed by atoms with Crippen molar-refractivity contribution < 1.29 is 19.4 Å². The van der Waals surface area contributed by atoms with E-state index in [1.807, 2.05) is 23.1 Å². The Morgan fingerprint density at radius 3 is 2.49 bits per heavy atom. The van der Waals surface area contributed by atoms with Crippen molar-refractivity contribution in [3.63, 3.8) is 0 Å². The summed E-state index contributed by atoms with van der Waals surface area (Å²) in [5.41, 5.74) is 4.50. The maximum absolute atomic E-state index is 13.4. The van der Waals surface area contributed by atoms with Crippen LogP contribution >= 0.6 is 0 Å². The monoisotopic (exact) mass is 475 g/mol. The number of aliphatic hydroxyl groups is 1. The number of rotatable bonds is 6. The molecule has 1 atom stereocenters. The van der Waals surface area contributed by atoms with Crippen LogP contribution in [-0.4, -0.2) is 65.8 Å². The van der Waals surface area contributed by atoms with Crippen molar-refractivity contribution in [1.29, 1.82) is 0 Å². The van der Waals surface area contributed by atoms with Gasteiger partial charge >= 0.3 is 0 Å². The summed E-state index contributed by atoms with van der Waals surface area (Å²) in [4.78, 5) is 17.8. The molecule has 0 radical (unpaired) electrons. The van der Waals surface area contributed by atoms with Crippen molar-refractivity contribution in [3.05, 3.63) is 59.3 Å². The van der Waals surface area contributed by atoms with Gasteiger partial charge in [-0.25, -0.2) is 0 Å². The molecule has 0 bridgehead atoms. The molecule has 3 aliphatic rings. The number of hydrogen-bond acceptors (Lipinski definition) is 5. The van der Waals surface area contributed by atoms with E-state index in [0.717, 1.165) is 55.2 Å². The Balaban J connectivity index is 1.41. The molecule has 0 unspecified atom stereocenters. The van der Waals surface area contributed by atoms with Crippen LogP contribution < -0.4 is 9.47 Å². The number of aryl methyl sites for hydroxylation is 1. The van der Waals surface area contributed by atoms with Gasteiger partial charge in [0, 0.05) is 61.7 Å². The van der Waals surface area contributed by atoms with E-state index in [-0.39, 0.29) is 29.9 Å². The topological polar surface area (TPSA) is 67.2 Å². The van der Waals surface area contributed by atoms with Gasteiger partial charge in [-0.15, -0.1) is 0 Å². The lowest BCUT2D eigenvalue weighted by atomic mass is 9.68. The van der Waals surface area contributed by atoms with Gasteiger partial charge in [0.05, 0.1) is 32.4 Å². The van der Waals surface area contributed by atoms with Crippen LogP contribution in [0.5, 0.6) is 11.5 Å². The number of amides is 1. The quantitative estimate of drug-likeness (QED) is 0.593. The first-order valence-corrected chi connectivity index (χ1v) is 12.4. The molecule has 7 heteroatoms. The molecule has 1 spiro atoms. The van der Waals surface area contributed by atoms with Crippen molar-refractivity contribution in [2.24, 2.45) is 13.0 Å². The summed E-state index contributed by atoms with van der Waals surface area (Å²) in [6, 6.07) is 14.1. The van der Waals surface area contributed by atoms with E-state index in [2.05, 4.69) is 40.8 Å². The first-order valence-electron chi connectivity index (χ1n) is 12.4. The van der Waals surface area contributed by atoms with E-state index in [1.54, 1.807) is 14.2 Å². The van der Waals surface area contributed by atoms with E-state index in [1.165, 1.54) is 16.5 Å². The summed E-state index contributed by atoms with van der Waals surface area (Å²) in [7, 11) is 5.43. The van der Waals surface area contributed by atoms with Crippen molar-refractivity contribution in [2.45, 2.75) is 30.8 Å². The van der Waals surface area contributed by atoms with Crippen molar-refractivity contribution in [3.8, 4) is 11.5 Å². The van der Waals surface area contributed by atoms with E-state index in [0.29, 0.717) is 6.54 Å². The molecule has 35 heavy (non-hydrogen) atoms. The number of hydrogen-bond donors (Lipinski definition) is 1. The fourth-order valence-corrected chi connectivity index (χ4v) is 6.36.